The minimum atomic E-state index is -3.77. The molecule has 2 unspecified atom stereocenters. The molecule has 1 fully saturated rings. The molecule has 8 heteroatoms. The number of nitrogens with one attached hydrogen (secondary N) is 2. The third kappa shape index (κ3) is 3.07. The zero-order valence-electron chi connectivity index (χ0n) is 15.6. The number of aromatic nitrogens is 1. The van der Waals surface area contributed by atoms with E-state index in [0.29, 0.717) is 16.6 Å². The molecule has 2 aliphatic heterocycles. The van der Waals surface area contributed by atoms with Gasteiger partial charge in [-0.15, -0.1) is 0 Å². The van der Waals surface area contributed by atoms with Crippen molar-refractivity contribution in [1.82, 2.24) is 15.2 Å². The number of aromatic amines is 1. The fourth-order valence-electron chi connectivity index (χ4n) is 3.91. The second-order valence-electron chi connectivity index (χ2n) is 7.40. The predicted molar refractivity (Wildman–Crippen MR) is 104 cm³/mol. The Morgan fingerprint density at radius 3 is 2.67 bits per heavy atom. The summed E-state index contributed by atoms with van der Waals surface area (Å²) in [6.07, 6.45) is 2.08. The molecule has 0 saturated carbocycles. The zero-order chi connectivity index (χ0) is 19.2. The molecule has 2 aromatic rings. The molecule has 144 valence electrons. The third-order valence-corrected chi connectivity index (χ3v) is 7.00. The molecule has 0 radical (unpaired) electrons. The fourth-order valence-corrected chi connectivity index (χ4v) is 5.41. The van der Waals surface area contributed by atoms with Crippen molar-refractivity contribution in [2.45, 2.75) is 42.6 Å². The maximum atomic E-state index is 13.2. The molecule has 1 saturated heterocycles. The Bertz CT molecular complexity index is 1080. The lowest BCUT2D eigenvalue weighted by Gasteiger charge is -2.36. The van der Waals surface area contributed by atoms with E-state index in [1.165, 1.54) is 6.42 Å². The van der Waals surface area contributed by atoms with Crippen molar-refractivity contribution in [3.8, 4) is 0 Å². The number of hydrogen-bond donors (Lipinski definition) is 3. The molecule has 3 heterocycles. The van der Waals surface area contributed by atoms with Gasteiger partial charge in [-0.3, -0.25) is 4.99 Å². The SMILES string of the molecule is CC1CCCN(C2=c3[nH]c(N)c(S(=O)(=O)c4ccccc4)c3=NC(C)N2)C1. The van der Waals surface area contributed by atoms with Crippen LogP contribution in [0.4, 0.5) is 5.82 Å². The highest BCUT2D eigenvalue weighted by atomic mass is 32.2. The number of nitrogen functional groups attached to an aromatic ring is 1. The molecular weight excluding hydrogens is 362 g/mol. The quantitative estimate of drug-likeness (QED) is 0.723. The van der Waals surface area contributed by atoms with E-state index >= 15 is 0 Å². The van der Waals surface area contributed by atoms with Crippen molar-refractivity contribution in [2.24, 2.45) is 10.9 Å². The topological polar surface area (TPSA) is 104 Å². The number of fused-ring (bicyclic) bond motifs is 1. The molecular formula is C19H25N5O2S. The van der Waals surface area contributed by atoms with Crippen LogP contribution in [-0.4, -0.2) is 37.6 Å². The maximum Gasteiger partial charge on any atom is 0.212 e. The Labute approximate surface area is 158 Å². The van der Waals surface area contributed by atoms with Gasteiger partial charge in [-0.1, -0.05) is 25.1 Å². The van der Waals surface area contributed by atoms with Crippen LogP contribution in [0.25, 0.3) is 5.82 Å². The summed E-state index contributed by atoms with van der Waals surface area (Å²) in [4.78, 5) is 10.2. The molecule has 2 atom stereocenters. The van der Waals surface area contributed by atoms with Crippen LogP contribution in [0.2, 0.25) is 0 Å². The van der Waals surface area contributed by atoms with Crippen molar-refractivity contribution in [1.29, 1.82) is 0 Å². The summed E-state index contributed by atoms with van der Waals surface area (Å²) < 4.78 is 26.5. The zero-order valence-corrected chi connectivity index (χ0v) is 16.4. The highest BCUT2D eigenvalue weighted by Crippen LogP contribution is 2.23. The Morgan fingerprint density at radius 1 is 1.22 bits per heavy atom. The van der Waals surface area contributed by atoms with Gasteiger partial charge in [0.1, 0.15) is 33.4 Å². The third-order valence-electron chi connectivity index (χ3n) is 5.16. The standard InChI is InChI=1S/C19H25N5O2S/c1-12-7-6-10-24(11-12)19-16-15(21-13(2)22-19)17(18(20)23-16)27(25,26)14-8-4-3-5-9-14/h3-5,8-9,12-13,22-23H,6-7,10-11,20H2,1-2H3. The van der Waals surface area contributed by atoms with E-state index in [0.717, 1.165) is 25.3 Å². The van der Waals surface area contributed by atoms with Crippen molar-refractivity contribution < 1.29 is 8.42 Å². The number of rotatable bonds is 3. The van der Waals surface area contributed by atoms with Gasteiger partial charge in [0.25, 0.3) is 0 Å². The monoisotopic (exact) mass is 387 g/mol. The number of likely N-dealkylation sites (tertiary alicyclic amines) is 1. The highest BCUT2D eigenvalue weighted by Gasteiger charge is 2.30. The summed E-state index contributed by atoms with van der Waals surface area (Å²) in [5.41, 5.74) is 6.15. The number of nitrogens with zero attached hydrogens (tertiary/aromatic N) is 2. The Hall–Kier alpha value is -2.48. The van der Waals surface area contributed by atoms with Gasteiger partial charge in [0, 0.05) is 13.1 Å². The van der Waals surface area contributed by atoms with Crippen LogP contribution in [0.1, 0.15) is 26.7 Å². The smallest absolute Gasteiger partial charge is 0.212 e. The Morgan fingerprint density at radius 2 is 1.96 bits per heavy atom. The van der Waals surface area contributed by atoms with Crippen LogP contribution < -0.4 is 21.8 Å². The van der Waals surface area contributed by atoms with E-state index in [-0.39, 0.29) is 21.8 Å². The fraction of sp³-hybridized carbons (Fsp3) is 0.421. The molecule has 0 amide bonds. The van der Waals surface area contributed by atoms with Crippen LogP contribution in [0.15, 0.2) is 45.1 Å². The summed E-state index contributed by atoms with van der Waals surface area (Å²) in [6, 6.07) is 8.35. The average Bonchev–Trinajstić information content (AvgIpc) is 2.98. The molecule has 0 spiro atoms. The number of nitrogens with two attached hydrogens (primary N) is 1. The van der Waals surface area contributed by atoms with Crippen LogP contribution in [-0.2, 0) is 9.84 Å². The summed E-state index contributed by atoms with van der Waals surface area (Å²) in [7, 11) is -3.77. The summed E-state index contributed by atoms with van der Waals surface area (Å²) >= 11 is 0. The van der Waals surface area contributed by atoms with Gasteiger partial charge in [0.2, 0.25) is 9.84 Å². The van der Waals surface area contributed by atoms with Crippen molar-refractivity contribution >= 4 is 21.5 Å². The number of benzene rings is 1. The average molecular weight is 388 g/mol. The molecule has 0 aliphatic carbocycles. The maximum absolute atomic E-state index is 13.2. The largest absolute Gasteiger partial charge is 0.384 e. The van der Waals surface area contributed by atoms with Crippen molar-refractivity contribution in [2.75, 3.05) is 18.8 Å². The Kier molecular flexibility index (Phi) is 4.38. The van der Waals surface area contributed by atoms with Crippen LogP contribution in [0, 0.1) is 5.92 Å². The number of H-pyrrole nitrogens is 1. The predicted octanol–water partition coefficient (Wildman–Crippen LogP) is 0.796. The molecule has 1 aromatic carbocycles. The second kappa shape index (κ2) is 6.60. The van der Waals surface area contributed by atoms with Gasteiger partial charge in [-0.2, -0.15) is 0 Å². The van der Waals surface area contributed by atoms with Crippen LogP contribution in [0.5, 0.6) is 0 Å². The molecule has 27 heavy (non-hydrogen) atoms. The molecule has 4 N–H and O–H groups in total. The first-order valence-electron chi connectivity index (χ1n) is 9.29. The van der Waals surface area contributed by atoms with E-state index in [4.69, 9.17) is 5.73 Å². The van der Waals surface area contributed by atoms with Crippen molar-refractivity contribution in [3.05, 3.63) is 41.0 Å². The van der Waals surface area contributed by atoms with E-state index < -0.39 is 9.84 Å². The van der Waals surface area contributed by atoms with Crippen molar-refractivity contribution in [3.63, 3.8) is 0 Å². The van der Waals surface area contributed by atoms with Gasteiger partial charge in [-0.25, -0.2) is 8.42 Å². The lowest BCUT2D eigenvalue weighted by molar-refractivity contribution is 0.245. The number of anilines is 1. The van der Waals surface area contributed by atoms with Crippen LogP contribution >= 0.6 is 0 Å². The van der Waals surface area contributed by atoms with Gasteiger partial charge in [-0.05, 0) is 37.8 Å². The summed E-state index contributed by atoms with van der Waals surface area (Å²) in [5, 5.41) is 4.48. The van der Waals surface area contributed by atoms with E-state index in [1.54, 1.807) is 30.3 Å². The molecule has 4 rings (SSSR count). The van der Waals surface area contributed by atoms with Crippen LogP contribution in [0.3, 0.4) is 0 Å². The molecule has 7 nitrogen and oxygen atoms in total. The van der Waals surface area contributed by atoms with E-state index in [9.17, 15) is 8.42 Å². The van der Waals surface area contributed by atoms with E-state index in [1.807, 2.05) is 6.92 Å². The molecule has 1 aromatic heterocycles. The van der Waals surface area contributed by atoms with Gasteiger partial charge in [0.05, 0.1) is 4.90 Å². The second-order valence-corrected chi connectivity index (χ2v) is 9.29. The first kappa shape index (κ1) is 17.9. The first-order chi connectivity index (χ1) is 12.9. The summed E-state index contributed by atoms with van der Waals surface area (Å²) in [5.74, 6) is 1.61. The molecule has 2 aliphatic rings. The van der Waals surface area contributed by atoms with Gasteiger partial charge < -0.3 is 20.9 Å². The minimum absolute atomic E-state index is 0.0691. The molecule has 0 bridgehead atoms. The highest BCUT2D eigenvalue weighted by molar-refractivity contribution is 7.91. The lowest BCUT2D eigenvalue weighted by atomic mass is 10.0. The Balaban J connectivity index is 1.94. The number of hydrogen-bond acceptors (Lipinski definition) is 6. The van der Waals surface area contributed by atoms with Gasteiger partial charge >= 0.3 is 0 Å². The minimum Gasteiger partial charge on any atom is -0.384 e. The number of sulfone groups is 1. The summed E-state index contributed by atoms with van der Waals surface area (Å²) in [6.45, 7) is 6.00. The van der Waals surface area contributed by atoms with Gasteiger partial charge in [0.15, 0.2) is 0 Å². The lowest BCUT2D eigenvalue weighted by Crippen LogP contribution is -2.50. The normalized spacial score (nSPS) is 22.7. The number of piperidine rings is 1. The van der Waals surface area contributed by atoms with E-state index in [2.05, 4.69) is 27.1 Å². The first-order valence-corrected chi connectivity index (χ1v) is 10.8.